The second-order valence-electron chi connectivity index (χ2n) is 5.95. The number of alkyl halides is 3. The quantitative estimate of drug-likeness (QED) is 0.445. The van der Waals surface area contributed by atoms with E-state index in [1.54, 1.807) is 13.8 Å². The SMILES string of the molecule is CC(C)C[C@H](NC(=O)[C@H](C)NC(=O)[C@@H](N)CCSC(F)(F)F)C(=O)O. The van der Waals surface area contributed by atoms with Gasteiger partial charge in [0.2, 0.25) is 11.8 Å². The smallest absolute Gasteiger partial charge is 0.441 e. The van der Waals surface area contributed by atoms with E-state index >= 15 is 0 Å². The van der Waals surface area contributed by atoms with Gasteiger partial charge in [-0.2, -0.15) is 13.2 Å². The number of carboxylic acid groups (broad SMARTS) is 1. The Morgan fingerprint density at radius 1 is 1.12 bits per heavy atom. The first-order chi connectivity index (χ1) is 11.3. The molecule has 0 rings (SSSR count). The molecule has 0 aromatic carbocycles. The van der Waals surface area contributed by atoms with Gasteiger partial charge < -0.3 is 21.5 Å². The second-order valence-corrected chi connectivity index (χ2v) is 7.11. The highest BCUT2D eigenvalue weighted by atomic mass is 32.2. The summed E-state index contributed by atoms with van der Waals surface area (Å²) in [6.45, 7) is 4.93. The summed E-state index contributed by atoms with van der Waals surface area (Å²) in [7, 11) is 0. The van der Waals surface area contributed by atoms with Crippen molar-refractivity contribution >= 4 is 29.5 Å². The first-order valence-corrected chi connectivity index (χ1v) is 8.61. The predicted molar refractivity (Wildman–Crippen MR) is 87.7 cm³/mol. The normalized spacial score (nSPS) is 15.4. The van der Waals surface area contributed by atoms with E-state index in [1.165, 1.54) is 6.92 Å². The van der Waals surface area contributed by atoms with Crippen LogP contribution in [0.3, 0.4) is 0 Å². The van der Waals surface area contributed by atoms with E-state index in [0.717, 1.165) is 0 Å². The molecule has 0 saturated carbocycles. The number of nitrogens with two attached hydrogens (primary N) is 1. The maximum absolute atomic E-state index is 12.0. The van der Waals surface area contributed by atoms with Crippen LogP contribution in [0.25, 0.3) is 0 Å². The number of hydrogen-bond acceptors (Lipinski definition) is 5. The highest BCUT2D eigenvalue weighted by Crippen LogP contribution is 2.30. The van der Waals surface area contributed by atoms with Crippen molar-refractivity contribution in [3.63, 3.8) is 0 Å². The van der Waals surface area contributed by atoms with E-state index in [2.05, 4.69) is 10.6 Å². The molecular formula is C14H24F3N3O4S. The first kappa shape index (κ1) is 23.5. The van der Waals surface area contributed by atoms with Crippen LogP contribution in [-0.4, -0.2) is 52.3 Å². The molecule has 0 aromatic rings. The van der Waals surface area contributed by atoms with E-state index in [0.29, 0.717) is 0 Å². The number of amides is 2. The zero-order valence-electron chi connectivity index (χ0n) is 14.2. The van der Waals surface area contributed by atoms with Gasteiger partial charge in [0.05, 0.1) is 6.04 Å². The summed E-state index contributed by atoms with van der Waals surface area (Å²) in [5.41, 5.74) is 1.09. The van der Waals surface area contributed by atoms with Crippen molar-refractivity contribution < 1.29 is 32.7 Å². The molecule has 5 N–H and O–H groups in total. The molecule has 25 heavy (non-hydrogen) atoms. The van der Waals surface area contributed by atoms with Crippen LogP contribution in [0, 0.1) is 5.92 Å². The van der Waals surface area contributed by atoms with E-state index in [4.69, 9.17) is 10.8 Å². The highest BCUT2D eigenvalue weighted by molar-refractivity contribution is 8.00. The average molecular weight is 387 g/mol. The van der Waals surface area contributed by atoms with E-state index in [1.807, 2.05) is 0 Å². The summed E-state index contributed by atoms with van der Waals surface area (Å²) in [5, 5.41) is 13.6. The molecule has 2 amide bonds. The van der Waals surface area contributed by atoms with Gasteiger partial charge in [-0.15, -0.1) is 0 Å². The van der Waals surface area contributed by atoms with Crippen molar-refractivity contribution in [3.05, 3.63) is 0 Å². The maximum Gasteiger partial charge on any atom is 0.441 e. The number of nitrogens with one attached hydrogen (secondary N) is 2. The Kier molecular flexibility index (Phi) is 9.86. The Bertz CT molecular complexity index is 475. The van der Waals surface area contributed by atoms with Gasteiger partial charge in [-0.25, -0.2) is 4.79 Å². The molecule has 7 nitrogen and oxygen atoms in total. The van der Waals surface area contributed by atoms with Crippen LogP contribution in [0.15, 0.2) is 0 Å². The van der Waals surface area contributed by atoms with Crippen molar-refractivity contribution in [1.29, 1.82) is 0 Å². The lowest BCUT2D eigenvalue weighted by atomic mass is 10.0. The van der Waals surface area contributed by atoms with Crippen molar-refractivity contribution in [1.82, 2.24) is 10.6 Å². The zero-order chi connectivity index (χ0) is 19.8. The minimum atomic E-state index is -4.40. The number of carboxylic acids is 1. The molecule has 0 heterocycles. The van der Waals surface area contributed by atoms with Gasteiger partial charge in [0.25, 0.3) is 0 Å². The molecule has 0 aromatic heterocycles. The molecule has 0 aliphatic carbocycles. The molecule has 146 valence electrons. The number of carbonyl (C=O) groups excluding carboxylic acids is 2. The number of hydrogen-bond donors (Lipinski definition) is 4. The molecule has 0 fully saturated rings. The van der Waals surface area contributed by atoms with Crippen LogP contribution in [-0.2, 0) is 14.4 Å². The van der Waals surface area contributed by atoms with Crippen molar-refractivity contribution in [3.8, 4) is 0 Å². The monoisotopic (exact) mass is 387 g/mol. The summed E-state index contributed by atoms with van der Waals surface area (Å²) in [6.07, 6.45) is 0.00533. The average Bonchev–Trinajstić information content (AvgIpc) is 2.44. The Morgan fingerprint density at radius 3 is 2.12 bits per heavy atom. The van der Waals surface area contributed by atoms with Crippen LogP contribution in [0.4, 0.5) is 13.2 Å². The van der Waals surface area contributed by atoms with Crippen molar-refractivity contribution in [2.75, 3.05) is 5.75 Å². The Hall–Kier alpha value is -1.49. The van der Waals surface area contributed by atoms with Crippen molar-refractivity contribution in [2.45, 2.75) is 57.2 Å². The Balaban J connectivity index is 4.44. The topological polar surface area (TPSA) is 122 Å². The Labute approximate surface area is 148 Å². The third-order valence-corrected chi connectivity index (χ3v) is 3.87. The lowest BCUT2D eigenvalue weighted by Gasteiger charge is -2.21. The van der Waals surface area contributed by atoms with Gasteiger partial charge in [0.1, 0.15) is 12.1 Å². The van der Waals surface area contributed by atoms with Gasteiger partial charge >= 0.3 is 11.5 Å². The second kappa shape index (κ2) is 10.5. The number of carbonyl (C=O) groups is 3. The maximum atomic E-state index is 12.0. The molecular weight excluding hydrogens is 363 g/mol. The van der Waals surface area contributed by atoms with Crippen LogP contribution in [0.5, 0.6) is 0 Å². The van der Waals surface area contributed by atoms with Crippen LogP contribution in [0.1, 0.15) is 33.6 Å². The number of aliphatic carboxylic acids is 1. The van der Waals surface area contributed by atoms with Crippen LogP contribution in [0.2, 0.25) is 0 Å². The van der Waals surface area contributed by atoms with Gasteiger partial charge in [-0.05, 0) is 25.7 Å². The third kappa shape index (κ3) is 10.9. The highest BCUT2D eigenvalue weighted by Gasteiger charge is 2.29. The van der Waals surface area contributed by atoms with E-state index in [9.17, 15) is 27.6 Å². The first-order valence-electron chi connectivity index (χ1n) is 7.63. The number of thioether (sulfide) groups is 1. The molecule has 0 saturated heterocycles. The minimum Gasteiger partial charge on any atom is -0.480 e. The summed E-state index contributed by atoms with van der Waals surface area (Å²) in [5.74, 6) is -3.03. The summed E-state index contributed by atoms with van der Waals surface area (Å²) >= 11 is -0.283. The van der Waals surface area contributed by atoms with Gasteiger partial charge in [-0.3, -0.25) is 9.59 Å². The van der Waals surface area contributed by atoms with Crippen LogP contribution < -0.4 is 16.4 Å². The summed E-state index contributed by atoms with van der Waals surface area (Å²) in [4.78, 5) is 34.9. The predicted octanol–water partition coefficient (Wildman–Crippen LogP) is 1.08. The lowest BCUT2D eigenvalue weighted by molar-refractivity contribution is -0.142. The molecule has 0 aliphatic heterocycles. The third-order valence-electron chi connectivity index (χ3n) is 3.11. The fourth-order valence-electron chi connectivity index (χ4n) is 1.81. The van der Waals surface area contributed by atoms with Crippen molar-refractivity contribution in [2.24, 2.45) is 11.7 Å². The molecule has 0 spiro atoms. The largest absolute Gasteiger partial charge is 0.480 e. The van der Waals surface area contributed by atoms with Crippen LogP contribution >= 0.6 is 11.8 Å². The lowest BCUT2D eigenvalue weighted by Crippen LogP contribution is -2.53. The molecule has 0 bridgehead atoms. The van der Waals surface area contributed by atoms with E-state index in [-0.39, 0.29) is 36.3 Å². The molecule has 0 unspecified atom stereocenters. The van der Waals surface area contributed by atoms with Gasteiger partial charge in [0, 0.05) is 5.75 Å². The molecule has 0 radical (unpaired) electrons. The molecule has 3 atom stereocenters. The Morgan fingerprint density at radius 2 is 1.68 bits per heavy atom. The fraction of sp³-hybridized carbons (Fsp3) is 0.786. The summed E-state index contributed by atoms with van der Waals surface area (Å²) < 4.78 is 36.1. The number of halogens is 3. The fourth-order valence-corrected chi connectivity index (χ4v) is 2.41. The van der Waals surface area contributed by atoms with Gasteiger partial charge in [-0.1, -0.05) is 25.6 Å². The van der Waals surface area contributed by atoms with E-state index < -0.39 is 41.4 Å². The standard InChI is InChI=1S/C14H24F3N3O4S/c1-7(2)6-10(13(23)24)20-11(21)8(3)19-12(22)9(18)4-5-25-14(15,16)17/h7-10H,4-6,18H2,1-3H3,(H,19,22)(H,20,21)(H,23,24)/t8-,9-,10-/m0/s1. The molecule has 0 aliphatic rings. The minimum absolute atomic E-state index is 0.0332. The number of rotatable bonds is 10. The summed E-state index contributed by atoms with van der Waals surface area (Å²) in [6, 6.07) is -3.36. The van der Waals surface area contributed by atoms with Gasteiger partial charge in [0.15, 0.2) is 0 Å². The molecule has 11 heteroatoms. The zero-order valence-corrected chi connectivity index (χ0v) is 15.0.